The smallest absolute Gasteiger partial charge is 0.194 e. The number of aryl methyl sites for hydroxylation is 1. The molecule has 0 saturated carbocycles. The lowest BCUT2D eigenvalue weighted by Gasteiger charge is -2.11. The van der Waals surface area contributed by atoms with Crippen LogP contribution in [0.25, 0.3) is 16.9 Å². The molecule has 0 N–H and O–H groups in total. The summed E-state index contributed by atoms with van der Waals surface area (Å²) < 4.78 is 47.7. The Balaban J connectivity index is 1.63. The molecule has 0 saturated heterocycles. The number of nitrogens with zero attached hydrogens (tertiary/aromatic N) is 4. The van der Waals surface area contributed by atoms with Gasteiger partial charge in [-0.15, -0.1) is 0 Å². The van der Waals surface area contributed by atoms with Crippen LogP contribution in [0.2, 0.25) is 0 Å². The monoisotopic (exact) mass is 410 g/mol. The van der Waals surface area contributed by atoms with Gasteiger partial charge >= 0.3 is 0 Å². The minimum Gasteiger partial charge on any atom is -0.495 e. The normalized spacial score (nSPS) is 11.0. The van der Waals surface area contributed by atoms with Crippen molar-refractivity contribution in [2.24, 2.45) is 0 Å². The molecule has 2 aromatic heterocycles. The predicted molar refractivity (Wildman–Crippen MR) is 105 cm³/mol. The van der Waals surface area contributed by atoms with Crippen molar-refractivity contribution in [3.63, 3.8) is 0 Å². The minimum absolute atomic E-state index is 0.137. The lowest BCUT2D eigenvalue weighted by Crippen LogP contribution is -2.01. The number of hydrogen-bond donors (Lipinski definition) is 0. The van der Waals surface area contributed by atoms with Crippen LogP contribution in [-0.4, -0.2) is 26.6 Å². The van der Waals surface area contributed by atoms with E-state index in [-0.39, 0.29) is 5.56 Å². The number of benzene rings is 2. The fraction of sp³-hybridized carbons (Fsp3) is 0.136. The van der Waals surface area contributed by atoms with Crippen LogP contribution in [0.5, 0.6) is 5.75 Å². The Labute approximate surface area is 170 Å². The summed E-state index contributed by atoms with van der Waals surface area (Å²) in [5, 5.41) is 0. The first-order valence-corrected chi connectivity index (χ1v) is 9.09. The standard InChI is InChI=1S/C22H17F3N4O/c1-13-11-29(12-27-13)19-4-3-14(7-20(19)30-2)8-21-26-6-5-18(28-21)15-9-16(23)22(25)17(24)10-15/h3-7,9-12H,8H2,1-2H3. The van der Waals surface area contributed by atoms with Crippen molar-refractivity contribution in [2.75, 3.05) is 7.11 Å². The Bertz CT molecular complexity index is 1200. The summed E-state index contributed by atoms with van der Waals surface area (Å²) in [6.45, 7) is 1.90. The van der Waals surface area contributed by atoms with Gasteiger partial charge in [-0.1, -0.05) is 6.07 Å². The molecule has 152 valence electrons. The minimum atomic E-state index is -1.51. The molecule has 0 aliphatic rings. The molecule has 0 amide bonds. The van der Waals surface area contributed by atoms with E-state index in [0.29, 0.717) is 23.7 Å². The van der Waals surface area contributed by atoms with Crippen LogP contribution in [0.1, 0.15) is 17.1 Å². The van der Waals surface area contributed by atoms with Crippen molar-refractivity contribution < 1.29 is 17.9 Å². The Kier molecular flexibility index (Phi) is 5.22. The van der Waals surface area contributed by atoms with Gasteiger partial charge in [-0.2, -0.15) is 0 Å². The molecule has 2 heterocycles. The molecule has 8 heteroatoms. The van der Waals surface area contributed by atoms with E-state index in [2.05, 4.69) is 15.0 Å². The molecule has 0 fully saturated rings. The first-order valence-electron chi connectivity index (χ1n) is 9.09. The molecule has 5 nitrogen and oxygen atoms in total. The van der Waals surface area contributed by atoms with E-state index in [1.54, 1.807) is 13.4 Å². The molecular weight excluding hydrogens is 393 g/mol. The van der Waals surface area contributed by atoms with E-state index < -0.39 is 17.5 Å². The molecule has 2 aromatic carbocycles. The van der Waals surface area contributed by atoms with Crippen molar-refractivity contribution >= 4 is 0 Å². The molecule has 0 radical (unpaired) electrons. The lowest BCUT2D eigenvalue weighted by atomic mass is 10.1. The van der Waals surface area contributed by atoms with Crippen molar-refractivity contribution in [2.45, 2.75) is 13.3 Å². The summed E-state index contributed by atoms with van der Waals surface area (Å²) in [5.74, 6) is -2.93. The SMILES string of the molecule is COc1cc(Cc2nccc(-c3cc(F)c(F)c(F)c3)n2)ccc1-n1cnc(C)c1. The number of hydrogen-bond acceptors (Lipinski definition) is 4. The van der Waals surface area contributed by atoms with Crippen molar-refractivity contribution in [1.29, 1.82) is 0 Å². The van der Waals surface area contributed by atoms with Crippen LogP contribution in [0.4, 0.5) is 13.2 Å². The second kappa shape index (κ2) is 7.98. The second-order valence-electron chi connectivity index (χ2n) is 6.72. The summed E-state index contributed by atoms with van der Waals surface area (Å²) in [7, 11) is 1.58. The Morgan fingerprint density at radius 3 is 2.43 bits per heavy atom. The van der Waals surface area contributed by atoms with Crippen LogP contribution in [0.15, 0.2) is 55.1 Å². The summed E-state index contributed by atoms with van der Waals surface area (Å²) in [6.07, 6.45) is 5.47. The Hall–Kier alpha value is -3.68. The zero-order chi connectivity index (χ0) is 21.3. The topological polar surface area (TPSA) is 52.8 Å². The van der Waals surface area contributed by atoms with Gasteiger partial charge in [-0.3, -0.25) is 0 Å². The van der Waals surface area contributed by atoms with E-state index in [1.165, 1.54) is 12.3 Å². The number of aromatic nitrogens is 4. The number of ether oxygens (including phenoxy) is 1. The Morgan fingerprint density at radius 1 is 1.00 bits per heavy atom. The molecule has 30 heavy (non-hydrogen) atoms. The van der Waals surface area contributed by atoms with E-state index in [0.717, 1.165) is 29.1 Å². The van der Waals surface area contributed by atoms with Crippen molar-refractivity contribution in [1.82, 2.24) is 19.5 Å². The molecule has 0 atom stereocenters. The van der Waals surface area contributed by atoms with Gasteiger partial charge in [-0.05, 0) is 42.8 Å². The highest BCUT2D eigenvalue weighted by Crippen LogP contribution is 2.26. The average molecular weight is 410 g/mol. The summed E-state index contributed by atoms with van der Waals surface area (Å²) >= 11 is 0. The second-order valence-corrected chi connectivity index (χ2v) is 6.72. The third kappa shape index (κ3) is 3.89. The molecular formula is C22H17F3N4O. The van der Waals surface area contributed by atoms with Crippen LogP contribution < -0.4 is 4.74 Å². The molecule has 0 aliphatic carbocycles. The van der Waals surface area contributed by atoms with E-state index in [9.17, 15) is 13.2 Å². The third-order valence-corrected chi connectivity index (χ3v) is 4.58. The molecule has 0 aliphatic heterocycles. The van der Waals surface area contributed by atoms with Gasteiger partial charge in [0.25, 0.3) is 0 Å². The first-order chi connectivity index (χ1) is 14.4. The van der Waals surface area contributed by atoms with Crippen LogP contribution in [0, 0.1) is 24.4 Å². The van der Waals surface area contributed by atoms with E-state index in [4.69, 9.17) is 4.74 Å². The quantitative estimate of drug-likeness (QED) is 0.449. The largest absolute Gasteiger partial charge is 0.495 e. The maximum atomic E-state index is 13.6. The van der Waals surface area contributed by atoms with Gasteiger partial charge < -0.3 is 9.30 Å². The highest BCUT2D eigenvalue weighted by molar-refractivity contribution is 5.59. The fourth-order valence-electron chi connectivity index (χ4n) is 3.13. The maximum Gasteiger partial charge on any atom is 0.194 e. The van der Waals surface area contributed by atoms with Gasteiger partial charge in [0.1, 0.15) is 11.6 Å². The molecule has 4 rings (SSSR count). The highest BCUT2D eigenvalue weighted by Gasteiger charge is 2.14. The van der Waals surface area contributed by atoms with Gasteiger partial charge in [0, 0.05) is 24.4 Å². The van der Waals surface area contributed by atoms with E-state index in [1.807, 2.05) is 35.9 Å². The van der Waals surface area contributed by atoms with Crippen LogP contribution in [0.3, 0.4) is 0 Å². The Morgan fingerprint density at radius 2 is 1.77 bits per heavy atom. The summed E-state index contributed by atoms with van der Waals surface area (Å²) in [4.78, 5) is 12.8. The number of imidazole rings is 1. The van der Waals surface area contributed by atoms with Gasteiger partial charge in [0.05, 0.1) is 30.5 Å². The van der Waals surface area contributed by atoms with Gasteiger partial charge in [-0.25, -0.2) is 28.1 Å². The third-order valence-electron chi connectivity index (χ3n) is 4.58. The number of rotatable bonds is 5. The lowest BCUT2D eigenvalue weighted by molar-refractivity contribution is 0.412. The average Bonchev–Trinajstić information content (AvgIpc) is 3.17. The summed E-state index contributed by atoms with van der Waals surface area (Å²) in [5.41, 5.74) is 3.06. The molecule has 0 spiro atoms. The molecule has 4 aromatic rings. The van der Waals surface area contributed by atoms with Crippen molar-refractivity contribution in [3.05, 3.63) is 89.7 Å². The highest BCUT2D eigenvalue weighted by atomic mass is 19.2. The molecule has 0 unspecified atom stereocenters. The predicted octanol–water partition coefficient (Wildman–Crippen LogP) is 4.65. The first kappa shape index (κ1) is 19.6. The van der Waals surface area contributed by atoms with Gasteiger partial charge in [0.15, 0.2) is 17.5 Å². The summed E-state index contributed by atoms with van der Waals surface area (Å²) in [6, 6.07) is 9.04. The number of methoxy groups -OCH3 is 1. The fourth-order valence-corrected chi connectivity index (χ4v) is 3.13. The van der Waals surface area contributed by atoms with Crippen LogP contribution >= 0.6 is 0 Å². The molecule has 0 bridgehead atoms. The van der Waals surface area contributed by atoms with Crippen LogP contribution in [-0.2, 0) is 6.42 Å². The van der Waals surface area contributed by atoms with Gasteiger partial charge in [0.2, 0.25) is 0 Å². The maximum absolute atomic E-state index is 13.6. The van der Waals surface area contributed by atoms with E-state index >= 15 is 0 Å². The van der Waals surface area contributed by atoms with Crippen molar-refractivity contribution in [3.8, 4) is 22.7 Å². The zero-order valence-corrected chi connectivity index (χ0v) is 16.2. The number of halogens is 3. The zero-order valence-electron chi connectivity index (χ0n) is 16.2.